The van der Waals surface area contributed by atoms with E-state index in [2.05, 4.69) is 20.9 Å². The predicted molar refractivity (Wildman–Crippen MR) is 59.0 cm³/mol. The lowest BCUT2D eigenvalue weighted by Gasteiger charge is -1.90. The number of aromatic hydroxyl groups is 1. The summed E-state index contributed by atoms with van der Waals surface area (Å²) < 4.78 is 1.01. The van der Waals surface area contributed by atoms with Crippen LogP contribution in [0.25, 0.3) is 10.9 Å². The number of hydrogen-bond acceptors (Lipinski definition) is 1. The molecule has 0 saturated heterocycles. The third kappa shape index (κ3) is 2.04. The zero-order valence-electron chi connectivity index (χ0n) is 7.63. The molecule has 2 aromatic rings. The first-order valence-electron chi connectivity index (χ1n) is 4.23. The summed E-state index contributed by atoms with van der Waals surface area (Å²) in [7, 11) is 0. The highest BCUT2D eigenvalue weighted by Gasteiger charge is 2.00. The number of benzene rings is 1. The van der Waals surface area contributed by atoms with Crippen molar-refractivity contribution in [2.75, 3.05) is 0 Å². The summed E-state index contributed by atoms with van der Waals surface area (Å²) >= 11 is 3.34. The van der Waals surface area contributed by atoms with Crippen LogP contribution in [0.4, 0.5) is 0 Å². The van der Waals surface area contributed by atoms with Crippen LogP contribution >= 0.6 is 15.9 Å². The quantitative estimate of drug-likeness (QED) is 0.726. The van der Waals surface area contributed by atoms with Gasteiger partial charge in [-0.3, -0.25) is 0 Å². The Balaban J connectivity index is 0.000000396. The molecule has 1 heterocycles. The summed E-state index contributed by atoms with van der Waals surface area (Å²) in [5.41, 5.74) is 0.942. The molecule has 0 spiro atoms. The Morgan fingerprint density at radius 1 is 1.31 bits per heavy atom. The molecule has 0 aliphatic rings. The molecule has 0 unspecified atom stereocenters. The molecule has 70 valence electrons. The molecule has 1 aromatic heterocycles. The molecule has 0 radical (unpaired) electrons. The second kappa shape index (κ2) is 4.33. The summed E-state index contributed by atoms with van der Waals surface area (Å²) in [4.78, 5) is 2.95. The first-order chi connectivity index (χ1) is 6.27. The second-order valence-electron chi connectivity index (χ2n) is 2.36. The molecule has 3 heteroatoms. The fourth-order valence-electron chi connectivity index (χ4n) is 1.08. The number of H-pyrrole nitrogens is 1. The zero-order valence-corrected chi connectivity index (χ0v) is 9.22. The van der Waals surface area contributed by atoms with E-state index in [1.807, 2.05) is 32.0 Å². The Kier molecular flexibility index (Phi) is 3.37. The van der Waals surface area contributed by atoms with Crippen molar-refractivity contribution in [2.24, 2.45) is 0 Å². The largest absolute Gasteiger partial charge is 0.506 e. The Hall–Kier alpha value is -0.960. The van der Waals surface area contributed by atoms with Crippen LogP contribution in [0.15, 0.2) is 28.9 Å². The molecule has 0 saturated carbocycles. The van der Waals surface area contributed by atoms with Crippen LogP contribution in [0.3, 0.4) is 0 Å². The van der Waals surface area contributed by atoms with Crippen LogP contribution in [0.2, 0.25) is 0 Å². The highest BCUT2D eigenvalue weighted by atomic mass is 79.9. The summed E-state index contributed by atoms with van der Waals surface area (Å²) in [6.07, 6.45) is 1.58. The highest BCUT2D eigenvalue weighted by Crippen LogP contribution is 2.26. The fraction of sp³-hybridized carbons (Fsp3) is 0.200. The minimum Gasteiger partial charge on any atom is -0.506 e. The lowest BCUT2D eigenvalue weighted by Crippen LogP contribution is -1.66. The van der Waals surface area contributed by atoms with Crippen molar-refractivity contribution in [3.63, 3.8) is 0 Å². The monoisotopic (exact) mass is 241 g/mol. The zero-order chi connectivity index (χ0) is 9.84. The van der Waals surface area contributed by atoms with Crippen molar-refractivity contribution in [3.8, 4) is 5.75 Å². The van der Waals surface area contributed by atoms with Crippen LogP contribution in [0.5, 0.6) is 5.75 Å². The van der Waals surface area contributed by atoms with E-state index in [-0.39, 0.29) is 0 Å². The van der Waals surface area contributed by atoms with Gasteiger partial charge in [-0.15, -0.1) is 0 Å². The van der Waals surface area contributed by atoms with E-state index in [0.717, 1.165) is 15.4 Å². The maximum atomic E-state index is 9.26. The van der Waals surface area contributed by atoms with E-state index in [4.69, 9.17) is 0 Å². The molecule has 0 amide bonds. The number of rotatable bonds is 0. The van der Waals surface area contributed by atoms with E-state index < -0.39 is 0 Å². The third-order valence-corrected chi connectivity index (χ3v) is 2.12. The smallest absolute Gasteiger partial charge is 0.140 e. The predicted octanol–water partition coefficient (Wildman–Crippen LogP) is 3.66. The van der Waals surface area contributed by atoms with Crippen LogP contribution in [-0.4, -0.2) is 10.1 Å². The van der Waals surface area contributed by atoms with Gasteiger partial charge < -0.3 is 10.1 Å². The standard InChI is InChI=1S/C8H6BrNO.C2H6/c9-5-1-2-6-7(3-5)10-4-8(6)11;1-2/h1-4,10-11H;1-2H3. The minimum atomic E-state index is 0.299. The summed E-state index contributed by atoms with van der Waals surface area (Å²) in [5.74, 6) is 0.299. The summed E-state index contributed by atoms with van der Waals surface area (Å²) in [5, 5.41) is 10.1. The average molecular weight is 242 g/mol. The number of aromatic nitrogens is 1. The molecule has 0 bridgehead atoms. The maximum absolute atomic E-state index is 9.26. The van der Waals surface area contributed by atoms with Gasteiger partial charge in [0.25, 0.3) is 0 Å². The Morgan fingerprint density at radius 2 is 2.00 bits per heavy atom. The molecule has 0 atom stereocenters. The Morgan fingerprint density at radius 3 is 2.69 bits per heavy atom. The molecule has 2 rings (SSSR count). The first kappa shape index (κ1) is 10.1. The van der Waals surface area contributed by atoms with Crippen molar-refractivity contribution < 1.29 is 5.11 Å². The number of nitrogens with one attached hydrogen (secondary N) is 1. The molecule has 13 heavy (non-hydrogen) atoms. The highest BCUT2D eigenvalue weighted by molar-refractivity contribution is 9.10. The molecule has 1 aromatic carbocycles. The van der Waals surface area contributed by atoms with Gasteiger partial charge in [0.2, 0.25) is 0 Å². The second-order valence-corrected chi connectivity index (χ2v) is 3.28. The van der Waals surface area contributed by atoms with Crippen LogP contribution < -0.4 is 0 Å². The van der Waals surface area contributed by atoms with E-state index in [1.165, 1.54) is 0 Å². The molecule has 2 N–H and O–H groups in total. The van der Waals surface area contributed by atoms with Gasteiger partial charge in [-0.2, -0.15) is 0 Å². The number of halogens is 1. The number of fused-ring (bicyclic) bond motifs is 1. The molecule has 0 fully saturated rings. The maximum Gasteiger partial charge on any atom is 0.140 e. The van der Waals surface area contributed by atoms with Crippen molar-refractivity contribution in [1.29, 1.82) is 0 Å². The van der Waals surface area contributed by atoms with Crippen molar-refractivity contribution in [3.05, 3.63) is 28.9 Å². The third-order valence-electron chi connectivity index (χ3n) is 1.62. The minimum absolute atomic E-state index is 0.299. The van der Waals surface area contributed by atoms with Gasteiger partial charge in [0.15, 0.2) is 0 Å². The van der Waals surface area contributed by atoms with E-state index in [0.29, 0.717) is 5.75 Å². The molecular formula is C10H12BrNO. The van der Waals surface area contributed by atoms with Gasteiger partial charge in [-0.1, -0.05) is 29.8 Å². The topological polar surface area (TPSA) is 36.0 Å². The van der Waals surface area contributed by atoms with Crippen molar-refractivity contribution in [1.82, 2.24) is 4.98 Å². The summed E-state index contributed by atoms with van der Waals surface area (Å²) in [6, 6.07) is 5.69. The molecule has 0 aliphatic heterocycles. The van der Waals surface area contributed by atoms with Crippen molar-refractivity contribution in [2.45, 2.75) is 13.8 Å². The van der Waals surface area contributed by atoms with Gasteiger partial charge in [0.05, 0.1) is 5.52 Å². The Bertz CT molecular complexity index is 395. The Labute approximate surface area is 85.7 Å². The lowest BCUT2D eigenvalue weighted by atomic mass is 10.2. The van der Waals surface area contributed by atoms with E-state index in [9.17, 15) is 5.11 Å². The average Bonchev–Trinajstić information content (AvgIpc) is 2.51. The number of aromatic amines is 1. The van der Waals surface area contributed by atoms with Gasteiger partial charge in [-0.25, -0.2) is 0 Å². The lowest BCUT2D eigenvalue weighted by molar-refractivity contribution is 0.481. The molecular weight excluding hydrogens is 230 g/mol. The van der Waals surface area contributed by atoms with Gasteiger partial charge in [0, 0.05) is 16.1 Å². The van der Waals surface area contributed by atoms with Gasteiger partial charge >= 0.3 is 0 Å². The van der Waals surface area contributed by atoms with Crippen molar-refractivity contribution >= 4 is 26.8 Å². The normalized spacial score (nSPS) is 9.46. The fourth-order valence-corrected chi connectivity index (χ4v) is 1.44. The molecule has 2 nitrogen and oxygen atoms in total. The first-order valence-corrected chi connectivity index (χ1v) is 5.02. The van der Waals surface area contributed by atoms with Crippen LogP contribution in [-0.2, 0) is 0 Å². The van der Waals surface area contributed by atoms with E-state index in [1.54, 1.807) is 6.20 Å². The van der Waals surface area contributed by atoms with Gasteiger partial charge in [-0.05, 0) is 18.2 Å². The SMILES string of the molecule is CC.Oc1c[nH]c2cc(Br)ccc12. The summed E-state index contributed by atoms with van der Waals surface area (Å²) in [6.45, 7) is 4.00. The van der Waals surface area contributed by atoms with E-state index >= 15 is 0 Å². The molecule has 0 aliphatic carbocycles. The van der Waals surface area contributed by atoms with Crippen LogP contribution in [0, 0.1) is 0 Å². The number of hydrogen-bond donors (Lipinski definition) is 2. The van der Waals surface area contributed by atoms with Gasteiger partial charge in [0.1, 0.15) is 5.75 Å². The van der Waals surface area contributed by atoms with Crippen LogP contribution in [0.1, 0.15) is 13.8 Å².